The van der Waals surface area contributed by atoms with Gasteiger partial charge in [-0.05, 0) is 49.2 Å². The van der Waals surface area contributed by atoms with Crippen LogP contribution in [0.3, 0.4) is 0 Å². The molecule has 1 aromatic heterocycles. The summed E-state index contributed by atoms with van der Waals surface area (Å²) in [6.07, 6.45) is 3.63. The summed E-state index contributed by atoms with van der Waals surface area (Å²) in [7, 11) is 0. The van der Waals surface area contributed by atoms with E-state index in [0.29, 0.717) is 24.3 Å². The minimum atomic E-state index is -0.477. The van der Waals surface area contributed by atoms with E-state index in [4.69, 9.17) is 5.10 Å². The van der Waals surface area contributed by atoms with Crippen molar-refractivity contribution in [2.45, 2.75) is 46.5 Å². The lowest BCUT2D eigenvalue weighted by atomic mass is 9.92. The molecule has 0 bridgehead atoms. The molecular formula is C28H33N5O4. The van der Waals surface area contributed by atoms with Crippen molar-refractivity contribution in [3.63, 3.8) is 0 Å². The Morgan fingerprint density at radius 3 is 2.32 bits per heavy atom. The minimum absolute atomic E-state index is 0.0211. The fraction of sp³-hybridized carbons (Fsp3) is 0.321. The predicted octanol–water partition coefficient (Wildman–Crippen LogP) is 5.28. The van der Waals surface area contributed by atoms with Gasteiger partial charge in [0.05, 0.1) is 16.3 Å². The van der Waals surface area contributed by atoms with Crippen molar-refractivity contribution in [1.29, 1.82) is 0 Å². The van der Waals surface area contributed by atoms with Gasteiger partial charge in [0.2, 0.25) is 11.8 Å². The third-order valence-electron chi connectivity index (χ3n) is 5.69. The number of rotatable bonds is 9. The second kappa shape index (κ2) is 11.6. The van der Waals surface area contributed by atoms with Crippen molar-refractivity contribution in [3.05, 3.63) is 87.6 Å². The number of non-ortho nitro benzene ring substituents is 1. The number of nitro benzene ring substituents is 1. The molecule has 0 aliphatic carbocycles. The molecule has 3 rings (SSSR count). The molecule has 9 nitrogen and oxygen atoms in total. The van der Waals surface area contributed by atoms with Crippen molar-refractivity contribution >= 4 is 29.4 Å². The molecule has 0 saturated carbocycles. The lowest BCUT2D eigenvalue weighted by Gasteiger charge is -2.20. The van der Waals surface area contributed by atoms with Crippen molar-refractivity contribution < 1.29 is 14.5 Å². The van der Waals surface area contributed by atoms with Crippen molar-refractivity contribution in [2.24, 2.45) is 0 Å². The first kappa shape index (κ1) is 27.3. The maximum absolute atomic E-state index is 13.0. The van der Waals surface area contributed by atoms with Gasteiger partial charge in [0.1, 0.15) is 12.4 Å². The number of aryl methyl sites for hydroxylation is 1. The first-order valence-corrected chi connectivity index (χ1v) is 12.2. The van der Waals surface area contributed by atoms with E-state index >= 15 is 0 Å². The first-order valence-electron chi connectivity index (χ1n) is 12.2. The molecule has 0 radical (unpaired) electrons. The van der Waals surface area contributed by atoms with Crippen LogP contribution in [-0.2, 0) is 15.0 Å². The van der Waals surface area contributed by atoms with E-state index in [9.17, 15) is 19.7 Å². The van der Waals surface area contributed by atoms with Gasteiger partial charge in [0.25, 0.3) is 5.69 Å². The highest BCUT2D eigenvalue weighted by molar-refractivity contribution is 5.97. The van der Waals surface area contributed by atoms with Crippen LogP contribution in [0.15, 0.2) is 60.7 Å². The fourth-order valence-electron chi connectivity index (χ4n) is 3.59. The molecule has 37 heavy (non-hydrogen) atoms. The van der Waals surface area contributed by atoms with E-state index in [1.54, 1.807) is 22.9 Å². The van der Waals surface area contributed by atoms with Crippen LogP contribution in [0.2, 0.25) is 0 Å². The Balaban J connectivity index is 1.76. The molecule has 0 aliphatic rings. The number of anilines is 1. The van der Waals surface area contributed by atoms with Gasteiger partial charge < -0.3 is 10.2 Å². The molecule has 9 heteroatoms. The van der Waals surface area contributed by atoms with Crippen LogP contribution in [0.25, 0.3) is 11.8 Å². The monoisotopic (exact) mass is 503 g/mol. The number of hydrogen-bond donors (Lipinski definition) is 1. The number of amides is 2. The quantitative estimate of drug-likeness (QED) is 0.243. The number of benzene rings is 2. The number of carbonyl (C=O) groups excluding carboxylic acids is 2. The number of carbonyl (C=O) groups is 2. The van der Waals surface area contributed by atoms with Crippen molar-refractivity contribution in [1.82, 2.24) is 14.7 Å². The highest BCUT2D eigenvalue weighted by atomic mass is 16.6. The zero-order valence-corrected chi connectivity index (χ0v) is 21.9. The summed E-state index contributed by atoms with van der Waals surface area (Å²) in [6, 6.07) is 15.6. The molecule has 2 aromatic carbocycles. The Morgan fingerprint density at radius 1 is 1.11 bits per heavy atom. The SMILES string of the molecule is CCCN(CC(=O)Nc1cc(C(C)(C)C)nn1-c1ccc(C)cc1)C(=O)/C=C/c1ccc([N+](=O)[O-])cc1. The number of hydrogen-bond acceptors (Lipinski definition) is 5. The third-order valence-corrected chi connectivity index (χ3v) is 5.69. The number of aromatic nitrogens is 2. The maximum atomic E-state index is 13.0. The third kappa shape index (κ3) is 7.36. The standard InChI is InChI=1S/C28H33N5O4/c1-6-17-31(27(35)16-11-21-9-14-23(15-10-21)33(36)37)19-26(34)29-25-18-24(28(3,4)5)30-32(25)22-12-7-20(2)8-13-22/h7-16,18H,6,17,19H2,1-5H3,(H,29,34)/b16-11+. The van der Waals surface area contributed by atoms with E-state index < -0.39 is 4.92 Å². The molecule has 0 fully saturated rings. The molecule has 0 unspecified atom stereocenters. The maximum Gasteiger partial charge on any atom is 0.269 e. The van der Waals surface area contributed by atoms with E-state index in [0.717, 1.165) is 16.9 Å². The molecule has 0 saturated heterocycles. The van der Waals surface area contributed by atoms with Gasteiger partial charge in [0.15, 0.2) is 0 Å². The summed E-state index contributed by atoms with van der Waals surface area (Å²) in [4.78, 5) is 37.7. The van der Waals surface area contributed by atoms with Crippen LogP contribution in [-0.4, -0.2) is 44.5 Å². The van der Waals surface area contributed by atoms with Crippen molar-refractivity contribution in [3.8, 4) is 5.69 Å². The van der Waals surface area contributed by atoms with Crippen LogP contribution in [0.4, 0.5) is 11.5 Å². The molecule has 194 valence electrons. The summed E-state index contributed by atoms with van der Waals surface area (Å²) in [5.41, 5.74) is 3.18. The Kier molecular flexibility index (Phi) is 8.60. The second-order valence-electron chi connectivity index (χ2n) is 9.90. The molecule has 3 aromatic rings. The Hall–Kier alpha value is -4.27. The average molecular weight is 504 g/mol. The van der Waals surface area contributed by atoms with Crippen LogP contribution < -0.4 is 5.32 Å². The molecule has 0 aliphatic heterocycles. The molecule has 0 atom stereocenters. The zero-order chi connectivity index (χ0) is 27.2. The topological polar surface area (TPSA) is 110 Å². The number of nitro groups is 1. The fourth-order valence-corrected chi connectivity index (χ4v) is 3.59. The Labute approximate surface area is 216 Å². The molecule has 2 amide bonds. The predicted molar refractivity (Wildman–Crippen MR) is 145 cm³/mol. The molecule has 1 heterocycles. The van der Waals surface area contributed by atoms with Gasteiger partial charge in [-0.2, -0.15) is 5.10 Å². The van der Waals surface area contributed by atoms with Gasteiger partial charge in [-0.25, -0.2) is 4.68 Å². The van der Waals surface area contributed by atoms with Crippen LogP contribution in [0, 0.1) is 17.0 Å². The van der Waals surface area contributed by atoms with Gasteiger partial charge in [-0.1, -0.05) is 45.4 Å². The Morgan fingerprint density at radius 2 is 1.76 bits per heavy atom. The zero-order valence-electron chi connectivity index (χ0n) is 21.9. The first-order chi connectivity index (χ1) is 17.5. The van der Waals surface area contributed by atoms with E-state index in [1.165, 1.54) is 23.1 Å². The minimum Gasteiger partial charge on any atom is -0.330 e. The van der Waals surface area contributed by atoms with Crippen LogP contribution in [0.5, 0.6) is 0 Å². The highest BCUT2D eigenvalue weighted by Crippen LogP contribution is 2.26. The lowest BCUT2D eigenvalue weighted by Crippen LogP contribution is -2.37. The lowest BCUT2D eigenvalue weighted by molar-refractivity contribution is -0.384. The highest BCUT2D eigenvalue weighted by Gasteiger charge is 2.22. The molecular weight excluding hydrogens is 470 g/mol. The van der Waals surface area contributed by atoms with E-state index in [-0.39, 0.29) is 29.5 Å². The van der Waals surface area contributed by atoms with Crippen LogP contribution >= 0.6 is 0 Å². The van der Waals surface area contributed by atoms with Crippen LogP contribution in [0.1, 0.15) is 50.9 Å². The Bertz CT molecular complexity index is 1290. The van der Waals surface area contributed by atoms with Gasteiger partial charge in [0, 0.05) is 36.2 Å². The summed E-state index contributed by atoms with van der Waals surface area (Å²) in [6.45, 7) is 10.4. The number of nitrogens with zero attached hydrogens (tertiary/aromatic N) is 4. The smallest absolute Gasteiger partial charge is 0.269 e. The van der Waals surface area contributed by atoms with Crippen molar-refractivity contribution in [2.75, 3.05) is 18.4 Å². The average Bonchev–Trinajstić information content (AvgIpc) is 3.27. The molecule has 1 N–H and O–H groups in total. The number of nitrogens with one attached hydrogen (secondary N) is 1. The summed E-state index contributed by atoms with van der Waals surface area (Å²) < 4.78 is 1.71. The largest absolute Gasteiger partial charge is 0.330 e. The summed E-state index contributed by atoms with van der Waals surface area (Å²) in [5, 5.41) is 18.5. The van der Waals surface area contributed by atoms with Gasteiger partial charge in [-0.15, -0.1) is 0 Å². The van der Waals surface area contributed by atoms with E-state index in [1.807, 2.05) is 44.2 Å². The molecule has 0 spiro atoms. The van der Waals surface area contributed by atoms with E-state index in [2.05, 4.69) is 26.1 Å². The summed E-state index contributed by atoms with van der Waals surface area (Å²) in [5.74, 6) is -0.124. The van der Waals surface area contributed by atoms with Gasteiger partial charge >= 0.3 is 0 Å². The normalized spacial score (nSPS) is 11.5. The van der Waals surface area contributed by atoms with Gasteiger partial charge in [-0.3, -0.25) is 19.7 Å². The summed E-state index contributed by atoms with van der Waals surface area (Å²) >= 11 is 0. The second-order valence-corrected chi connectivity index (χ2v) is 9.90.